The number of unbranched alkanes of at least 4 members (excludes halogenated alkanes) is 5. The van der Waals surface area contributed by atoms with Crippen LogP contribution < -0.4 is 4.18 Å². The van der Waals surface area contributed by atoms with Gasteiger partial charge >= 0.3 is 10.1 Å². The van der Waals surface area contributed by atoms with E-state index in [0.717, 1.165) is 19.3 Å². The van der Waals surface area contributed by atoms with Gasteiger partial charge in [0, 0.05) is 5.02 Å². The Hall–Kier alpha value is -0.450. The van der Waals surface area contributed by atoms with E-state index in [9.17, 15) is 8.42 Å². The summed E-state index contributed by atoms with van der Waals surface area (Å²) >= 11 is 11.6. The summed E-state index contributed by atoms with van der Waals surface area (Å²) < 4.78 is 28.6. The van der Waals surface area contributed by atoms with Crippen molar-refractivity contribution in [3.8, 4) is 5.75 Å². The first-order chi connectivity index (χ1) is 9.44. The third-order valence-electron chi connectivity index (χ3n) is 2.86. The fourth-order valence-corrected chi connectivity index (χ4v) is 3.33. The standard InChI is InChI=1S/C14H20Cl2O3S/c1-2-3-4-5-6-7-10-20(17,18)19-14-9-8-12(15)11-13(14)16/h8-9,11H,2-7,10H2,1H3. The molecule has 6 heteroatoms. The third kappa shape index (κ3) is 6.82. The molecule has 0 atom stereocenters. The first-order valence-electron chi connectivity index (χ1n) is 6.82. The Labute approximate surface area is 131 Å². The van der Waals surface area contributed by atoms with Crippen molar-refractivity contribution < 1.29 is 12.6 Å². The smallest absolute Gasteiger partial charge is 0.309 e. The molecule has 0 aliphatic heterocycles. The predicted molar refractivity (Wildman–Crippen MR) is 84.3 cm³/mol. The highest BCUT2D eigenvalue weighted by molar-refractivity contribution is 7.87. The highest BCUT2D eigenvalue weighted by Gasteiger charge is 2.14. The fourth-order valence-electron chi connectivity index (χ4n) is 1.78. The largest absolute Gasteiger partial charge is 0.381 e. The molecule has 20 heavy (non-hydrogen) atoms. The van der Waals surface area contributed by atoms with E-state index in [-0.39, 0.29) is 16.5 Å². The highest BCUT2D eigenvalue weighted by Crippen LogP contribution is 2.28. The average Bonchev–Trinajstić information content (AvgIpc) is 2.37. The number of rotatable bonds is 9. The van der Waals surface area contributed by atoms with Gasteiger partial charge in [-0.05, 0) is 24.6 Å². The molecule has 1 rings (SSSR count). The minimum absolute atomic E-state index is 0.0120. The highest BCUT2D eigenvalue weighted by atomic mass is 35.5. The van der Waals surface area contributed by atoms with Gasteiger partial charge in [-0.2, -0.15) is 8.42 Å². The van der Waals surface area contributed by atoms with Crippen molar-refractivity contribution in [2.45, 2.75) is 45.4 Å². The maximum Gasteiger partial charge on any atom is 0.309 e. The Bertz CT molecular complexity index is 515. The molecule has 0 radical (unpaired) electrons. The number of hydrogen-bond donors (Lipinski definition) is 0. The lowest BCUT2D eigenvalue weighted by atomic mass is 10.1. The average molecular weight is 339 g/mol. The van der Waals surface area contributed by atoms with E-state index in [1.807, 2.05) is 0 Å². The van der Waals surface area contributed by atoms with Crippen LogP contribution in [-0.2, 0) is 10.1 Å². The van der Waals surface area contributed by atoms with Crippen LogP contribution in [0.1, 0.15) is 45.4 Å². The number of hydrogen-bond acceptors (Lipinski definition) is 3. The number of benzene rings is 1. The summed E-state index contributed by atoms with van der Waals surface area (Å²) in [7, 11) is -3.59. The van der Waals surface area contributed by atoms with E-state index in [0.29, 0.717) is 11.4 Å². The summed E-state index contributed by atoms with van der Waals surface area (Å²) in [5.74, 6) is 0.139. The second-order valence-electron chi connectivity index (χ2n) is 4.69. The van der Waals surface area contributed by atoms with Crippen LogP contribution in [-0.4, -0.2) is 14.2 Å². The molecule has 1 aromatic carbocycles. The molecule has 0 saturated heterocycles. The maximum atomic E-state index is 11.8. The summed E-state index contributed by atoms with van der Waals surface area (Å²) in [6, 6.07) is 4.46. The van der Waals surface area contributed by atoms with Gasteiger partial charge in [0.15, 0.2) is 5.75 Å². The molecule has 3 nitrogen and oxygen atoms in total. The quantitative estimate of drug-likeness (QED) is 0.466. The Morgan fingerprint density at radius 1 is 1.05 bits per heavy atom. The van der Waals surface area contributed by atoms with Gasteiger partial charge in [-0.1, -0.05) is 62.2 Å². The molecule has 0 bridgehead atoms. The van der Waals surface area contributed by atoms with Crippen molar-refractivity contribution in [3.63, 3.8) is 0 Å². The Balaban J connectivity index is 2.41. The second-order valence-corrected chi connectivity index (χ2v) is 7.22. The lowest BCUT2D eigenvalue weighted by Gasteiger charge is -2.08. The van der Waals surface area contributed by atoms with Crippen molar-refractivity contribution in [2.75, 3.05) is 5.75 Å². The molecule has 0 amide bonds. The van der Waals surface area contributed by atoms with Crippen LogP contribution >= 0.6 is 23.2 Å². The minimum atomic E-state index is -3.59. The van der Waals surface area contributed by atoms with Crippen LogP contribution in [0, 0.1) is 0 Å². The summed E-state index contributed by atoms with van der Waals surface area (Å²) in [6.45, 7) is 2.15. The third-order valence-corrected chi connectivity index (χ3v) is 4.61. The molecule has 0 heterocycles. The van der Waals surface area contributed by atoms with Gasteiger partial charge in [0.2, 0.25) is 0 Å². The molecule has 0 N–H and O–H groups in total. The molecule has 0 saturated carbocycles. The van der Waals surface area contributed by atoms with E-state index in [1.54, 1.807) is 6.07 Å². The molecule has 1 aromatic rings. The topological polar surface area (TPSA) is 43.4 Å². The van der Waals surface area contributed by atoms with Crippen molar-refractivity contribution >= 4 is 33.3 Å². The zero-order valence-corrected chi connectivity index (χ0v) is 13.9. The lowest BCUT2D eigenvalue weighted by Crippen LogP contribution is -2.14. The summed E-state index contributed by atoms with van der Waals surface area (Å²) in [5, 5.41) is 0.639. The van der Waals surface area contributed by atoms with E-state index in [2.05, 4.69) is 6.92 Å². The molecule has 114 valence electrons. The molecular weight excluding hydrogens is 319 g/mol. The van der Waals surface area contributed by atoms with Crippen LogP contribution in [0.5, 0.6) is 5.75 Å². The lowest BCUT2D eigenvalue weighted by molar-refractivity contribution is 0.482. The van der Waals surface area contributed by atoms with Crippen LogP contribution in [0.4, 0.5) is 0 Å². The Morgan fingerprint density at radius 2 is 1.70 bits per heavy atom. The van der Waals surface area contributed by atoms with E-state index >= 15 is 0 Å². The van der Waals surface area contributed by atoms with Gasteiger partial charge in [-0.3, -0.25) is 0 Å². The van der Waals surface area contributed by atoms with Gasteiger partial charge in [-0.15, -0.1) is 0 Å². The van der Waals surface area contributed by atoms with Crippen molar-refractivity contribution in [2.24, 2.45) is 0 Å². The number of halogens is 2. The summed E-state index contributed by atoms with van der Waals surface area (Å²) in [6.07, 6.45) is 6.10. The molecule has 0 unspecified atom stereocenters. The maximum absolute atomic E-state index is 11.8. The van der Waals surface area contributed by atoms with E-state index in [1.165, 1.54) is 25.0 Å². The van der Waals surface area contributed by atoms with Crippen LogP contribution in [0.15, 0.2) is 18.2 Å². The van der Waals surface area contributed by atoms with E-state index in [4.69, 9.17) is 27.4 Å². The predicted octanol–water partition coefficient (Wildman–Crippen LogP) is 5.06. The second kappa shape index (κ2) is 8.75. The minimum Gasteiger partial charge on any atom is -0.381 e. The van der Waals surface area contributed by atoms with Gasteiger partial charge in [0.05, 0.1) is 10.8 Å². The molecule has 0 aromatic heterocycles. The SMILES string of the molecule is CCCCCCCCS(=O)(=O)Oc1ccc(Cl)cc1Cl. The molecule has 0 aliphatic rings. The van der Waals surface area contributed by atoms with Crippen LogP contribution in [0.2, 0.25) is 10.0 Å². The van der Waals surface area contributed by atoms with E-state index < -0.39 is 10.1 Å². The zero-order chi connectivity index (χ0) is 15.0. The van der Waals surface area contributed by atoms with Crippen molar-refractivity contribution in [1.29, 1.82) is 0 Å². The van der Waals surface area contributed by atoms with Gasteiger partial charge in [0.25, 0.3) is 0 Å². The monoisotopic (exact) mass is 338 g/mol. The first-order valence-corrected chi connectivity index (χ1v) is 9.15. The molecule has 0 fully saturated rings. The molecule has 0 aliphatic carbocycles. The van der Waals surface area contributed by atoms with Gasteiger partial charge in [-0.25, -0.2) is 0 Å². The fraction of sp³-hybridized carbons (Fsp3) is 0.571. The zero-order valence-electron chi connectivity index (χ0n) is 11.6. The molecule has 0 spiro atoms. The summed E-state index contributed by atoms with van der Waals surface area (Å²) in [5.41, 5.74) is 0. The van der Waals surface area contributed by atoms with Crippen molar-refractivity contribution in [3.05, 3.63) is 28.2 Å². The van der Waals surface area contributed by atoms with Gasteiger partial charge < -0.3 is 4.18 Å². The van der Waals surface area contributed by atoms with Crippen LogP contribution in [0.3, 0.4) is 0 Å². The normalized spacial score (nSPS) is 11.6. The van der Waals surface area contributed by atoms with Gasteiger partial charge in [0.1, 0.15) is 0 Å². The Morgan fingerprint density at radius 3 is 2.35 bits per heavy atom. The van der Waals surface area contributed by atoms with Crippen LogP contribution in [0.25, 0.3) is 0 Å². The van der Waals surface area contributed by atoms with Crippen molar-refractivity contribution in [1.82, 2.24) is 0 Å². The Kier molecular flexibility index (Phi) is 7.70. The first kappa shape index (κ1) is 17.6. The summed E-state index contributed by atoms with van der Waals surface area (Å²) in [4.78, 5) is 0. The molecular formula is C14H20Cl2O3S.